The van der Waals surface area contributed by atoms with Crippen molar-refractivity contribution in [1.29, 1.82) is 0 Å². The number of alkyl halides is 2. The van der Waals surface area contributed by atoms with Crippen molar-refractivity contribution in [2.45, 2.75) is 6.61 Å². The summed E-state index contributed by atoms with van der Waals surface area (Å²) >= 11 is 0. The molecule has 0 saturated heterocycles. The summed E-state index contributed by atoms with van der Waals surface area (Å²) in [5.41, 5.74) is 0.949. The number of anilines is 1. The highest BCUT2D eigenvalue weighted by molar-refractivity contribution is 6.06. The first-order valence-electron chi connectivity index (χ1n) is 6.55. The number of methoxy groups -OCH3 is 1. The van der Waals surface area contributed by atoms with E-state index in [0.717, 1.165) is 0 Å². The molecule has 1 N–H and O–H groups in total. The van der Waals surface area contributed by atoms with Crippen LogP contribution in [0.3, 0.4) is 0 Å². The van der Waals surface area contributed by atoms with Crippen molar-refractivity contribution in [1.82, 2.24) is 0 Å². The normalized spacial score (nSPS) is 10.0. The molecule has 0 radical (unpaired) electrons. The minimum Gasteiger partial charge on any atom is -0.493 e. The molecule has 0 aromatic heterocycles. The maximum atomic E-state index is 12.6. The van der Waals surface area contributed by atoms with Gasteiger partial charge in [-0.25, -0.2) is 0 Å². The molecule has 0 heterocycles. The molecule has 0 spiro atoms. The van der Waals surface area contributed by atoms with E-state index < -0.39 is 12.5 Å². The van der Waals surface area contributed by atoms with Crippen LogP contribution in [-0.2, 0) is 0 Å². The van der Waals surface area contributed by atoms with E-state index >= 15 is 0 Å². The van der Waals surface area contributed by atoms with Crippen LogP contribution in [0.15, 0.2) is 42.5 Å². The Morgan fingerprint density at radius 2 is 2.00 bits per heavy atom. The molecule has 2 aromatic rings. The quantitative estimate of drug-likeness (QED) is 0.858. The number of terminal acetylenes is 1. The van der Waals surface area contributed by atoms with Crippen LogP contribution in [0.2, 0.25) is 0 Å². The predicted molar refractivity (Wildman–Crippen MR) is 82.0 cm³/mol. The van der Waals surface area contributed by atoms with Gasteiger partial charge in [0.05, 0.1) is 12.7 Å². The van der Waals surface area contributed by atoms with Crippen LogP contribution in [-0.4, -0.2) is 19.6 Å². The maximum Gasteiger partial charge on any atom is 0.387 e. The fourth-order valence-corrected chi connectivity index (χ4v) is 1.95. The molecule has 0 atom stereocenters. The number of ether oxygens (including phenoxy) is 2. The molecule has 0 bridgehead atoms. The summed E-state index contributed by atoms with van der Waals surface area (Å²) in [6.45, 7) is -3.08. The zero-order chi connectivity index (χ0) is 16.8. The van der Waals surface area contributed by atoms with Gasteiger partial charge < -0.3 is 14.8 Å². The largest absolute Gasteiger partial charge is 0.493 e. The van der Waals surface area contributed by atoms with Gasteiger partial charge >= 0.3 is 6.61 Å². The molecule has 0 aliphatic heterocycles. The molecule has 23 heavy (non-hydrogen) atoms. The monoisotopic (exact) mass is 317 g/mol. The Balaban J connectivity index is 2.33. The number of carbonyl (C=O) groups excluding carboxylic acids is 1. The Labute approximate surface area is 132 Å². The van der Waals surface area contributed by atoms with Gasteiger partial charge in [-0.1, -0.05) is 18.1 Å². The molecule has 2 rings (SSSR count). The van der Waals surface area contributed by atoms with Crippen LogP contribution in [0.1, 0.15) is 15.9 Å². The van der Waals surface area contributed by atoms with Crippen molar-refractivity contribution in [3.63, 3.8) is 0 Å². The Bertz CT molecular complexity index is 754. The van der Waals surface area contributed by atoms with Gasteiger partial charge in [0.25, 0.3) is 5.91 Å². The van der Waals surface area contributed by atoms with E-state index in [2.05, 4.69) is 16.0 Å². The van der Waals surface area contributed by atoms with E-state index in [1.807, 2.05) is 0 Å². The molecule has 0 aliphatic carbocycles. The number of benzene rings is 2. The van der Waals surface area contributed by atoms with E-state index in [1.54, 1.807) is 24.3 Å². The van der Waals surface area contributed by atoms with Crippen LogP contribution < -0.4 is 14.8 Å². The lowest BCUT2D eigenvalue weighted by atomic mass is 10.1. The molecular formula is C17H13F2NO3. The second-order valence-electron chi connectivity index (χ2n) is 4.39. The second-order valence-corrected chi connectivity index (χ2v) is 4.39. The lowest BCUT2D eigenvalue weighted by Crippen LogP contribution is -2.15. The number of rotatable bonds is 5. The lowest BCUT2D eigenvalue weighted by Gasteiger charge is -2.14. The summed E-state index contributed by atoms with van der Waals surface area (Å²) < 4.78 is 34.5. The summed E-state index contributed by atoms with van der Waals surface area (Å²) in [6.07, 6.45) is 5.29. The number of hydrogen-bond acceptors (Lipinski definition) is 3. The molecule has 0 unspecified atom stereocenters. The van der Waals surface area contributed by atoms with Gasteiger partial charge in [0.1, 0.15) is 0 Å². The van der Waals surface area contributed by atoms with E-state index in [9.17, 15) is 13.6 Å². The number of amides is 1. The van der Waals surface area contributed by atoms with Crippen LogP contribution in [0, 0.1) is 12.3 Å². The average molecular weight is 317 g/mol. The average Bonchev–Trinajstić information content (AvgIpc) is 2.54. The standard InChI is InChI=1S/C17H13F2NO3/c1-3-11-6-4-7-12(10-11)20-16(21)13-8-5-9-14(22-2)15(13)23-17(18)19/h1,4-10,17H,2H3,(H,20,21). The first-order chi connectivity index (χ1) is 11.0. The molecule has 0 aliphatic rings. The SMILES string of the molecule is C#Cc1cccc(NC(=O)c2cccc(OC)c2OC(F)F)c1. The summed E-state index contributed by atoms with van der Waals surface area (Å²) in [4.78, 5) is 12.3. The van der Waals surface area contributed by atoms with Gasteiger partial charge in [-0.3, -0.25) is 4.79 Å². The van der Waals surface area contributed by atoms with E-state index in [4.69, 9.17) is 11.2 Å². The first-order valence-corrected chi connectivity index (χ1v) is 6.55. The highest BCUT2D eigenvalue weighted by Gasteiger charge is 2.20. The molecule has 2 aromatic carbocycles. The van der Waals surface area contributed by atoms with Crippen molar-refractivity contribution in [3.05, 3.63) is 53.6 Å². The topological polar surface area (TPSA) is 47.6 Å². The Hall–Kier alpha value is -3.07. The molecule has 6 heteroatoms. The number of nitrogens with one attached hydrogen (secondary N) is 1. The van der Waals surface area contributed by atoms with Crippen molar-refractivity contribution in [3.8, 4) is 23.8 Å². The third kappa shape index (κ3) is 3.98. The minimum atomic E-state index is -3.08. The third-order valence-corrected chi connectivity index (χ3v) is 2.94. The number of halogens is 2. The lowest BCUT2D eigenvalue weighted by molar-refractivity contribution is -0.0515. The molecule has 1 amide bonds. The molecule has 118 valence electrons. The fraction of sp³-hybridized carbons (Fsp3) is 0.118. The second kappa shape index (κ2) is 7.27. The van der Waals surface area contributed by atoms with Crippen LogP contribution in [0.5, 0.6) is 11.5 Å². The molecular weight excluding hydrogens is 304 g/mol. The van der Waals surface area contributed by atoms with E-state index in [0.29, 0.717) is 11.3 Å². The minimum absolute atomic E-state index is 0.0373. The zero-order valence-corrected chi connectivity index (χ0v) is 12.2. The first kappa shape index (κ1) is 16.3. The summed E-state index contributed by atoms with van der Waals surface area (Å²) in [5.74, 6) is 1.54. The Kier molecular flexibility index (Phi) is 5.15. The van der Waals surface area contributed by atoms with Crippen LogP contribution >= 0.6 is 0 Å². The smallest absolute Gasteiger partial charge is 0.387 e. The van der Waals surface area contributed by atoms with Crippen molar-refractivity contribution in [2.75, 3.05) is 12.4 Å². The Morgan fingerprint density at radius 3 is 2.65 bits per heavy atom. The predicted octanol–water partition coefficient (Wildman–Crippen LogP) is 3.53. The maximum absolute atomic E-state index is 12.6. The highest BCUT2D eigenvalue weighted by atomic mass is 19.3. The van der Waals surface area contributed by atoms with Gasteiger partial charge in [0.2, 0.25) is 0 Å². The van der Waals surface area contributed by atoms with Gasteiger partial charge in [-0.05, 0) is 30.3 Å². The van der Waals surface area contributed by atoms with Gasteiger partial charge in [0, 0.05) is 11.3 Å². The zero-order valence-electron chi connectivity index (χ0n) is 12.2. The summed E-state index contributed by atoms with van der Waals surface area (Å²) in [7, 11) is 1.30. The van der Waals surface area contributed by atoms with Crippen LogP contribution in [0.4, 0.5) is 14.5 Å². The number of para-hydroxylation sites is 1. The Morgan fingerprint density at radius 1 is 1.26 bits per heavy atom. The van der Waals surface area contributed by atoms with E-state index in [1.165, 1.54) is 25.3 Å². The van der Waals surface area contributed by atoms with Crippen LogP contribution in [0.25, 0.3) is 0 Å². The van der Waals surface area contributed by atoms with Crippen molar-refractivity contribution in [2.24, 2.45) is 0 Å². The number of carbonyl (C=O) groups is 1. The molecule has 4 nitrogen and oxygen atoms in total. The van der Waals surface area contributed by atoms with Crippen molar-refractivity contribution < 1.29 is 23.0 Å². The van der Waals surface area contributed by atoms with E-state index in [-0.39, 0.29) is 17.1 Å². The summed E-state index contributed by atoms with van der Waals surface area (Å²) in [6, 6.07) is 10.9. The highest BCUT2D eigenvalue weighted by Crippen LogP contribution is 2.33. The van der Waals surface area contributed by atoms with Gasteiger partial charge in [-0.15, -0.1) is 6.42 Å². The number of hydrogen-bond donors (Lipinski definition) is 1. The summed E-state index contributed by atoms with van der Waals surface area (Å²) in [5, 5.41) is 2.58. The molecule has 0 fully saturated rings. The third-order valence-electron chi connectivity index (χ3n) is 2.94. The fourth-order valence-electron chi connectivity index (χ4n) is 1.95. The van der Waals surface area contributed by atoms with Gasteiger partial charge in [-0.2, -0.15) is 8.78 Å². The van der Waals surface area contributed by atoms with Crippen molar-refractivity contribution >= 4 is 11.6 Å². The van der Waals surface area contributed by atoms with Gasteiger partial charge in [0.15, 0.2) is 11.5 Å². The molecule has 0 saturated carbocycles.